The fourth-order valence-electron chi connectivity index (χ4n) is 1.38. The monoisotopic (exact) mass is 267 g/mol. The molecule has 0 aromatic heterocycles. The lowest BCUT2D eigenvalue weighted by molar-refractivity contribution is -0.125. The molecule has 0 aliphatic heterocycles. The number of hydrogen-bond donors (Lipinski definition) is 1. The van der Waals surface area contributed by atoms with Crippen LogP contribution < -0.4 is 5.32 Å². The van der Waals surface area contributed by atoms with Crippen molar-refractivity contribution in [2.45, 2.75) is 19.6 Å². The van der Waals surface area contributed by atoms with E-state index in [1.807, 2.05) is 18.7 Å². The van der Waals surface area contributed by atoms with E-state index in [0.29, 0.717) is 13.2 Å². The van der Waals surface area contributed by atoms with Crippen LogP contribution in [0.1, 0.15) is 18.1 Å². The number of ether oxygens (including phenoxy) is 1. The second-order valence-corrected chi connectivity index (χ2v) is 5.13. The number of aryl methyl sites for hydroxylation is 1. The standard InChI is InChI=1S/C14H21NO2S/c1-3-17-10-14(16)15-8-9-18-11-13-6-4-12(2)5-7-13/h4-7H,3,8-11H2,1-2H3,(H,15,16). The molecule has 1 rings (SSSR count). The summed E-state index contributed by atoms with van der Waals surface area (Å²) in [7, 11) is 0. The van der Waals surface area contributed by atoms with Crippen molar-refractivity contribution in [2.75, 3.05) is 25.5 Å². The van der Waals surface area contributed by atoms with Gasteiger partial charge in [0.1, 0.15) is 6.61 Å². The third-order valence-electron chi connectivity index (χ3n) is 2.40. The molecule has 1 aromatic carbocycles. The van der Waals surface area contributed by atoms with Crippen molar-refractivity contribution in [1.29, 1.82) is 0 Å². The molecule has 0 unspecified atom stereocenters. The summed E-state index contributed by atoms with van der Waals surface area (Å²) in [4.78, 5) is 11.2. The van der Waals surface area contributed by atoms with Crippen molar-refractivity contribution in [1.82, 2.24) is 5.32 Å². The zero-order chi connectivity index (χ0) is 13.2. The summed E-state index contributed by atoms with van der Waals surface area (Å²) in [6, 6.07) is 8.55. The van der Waals surface area contributed by atoms with E-state index in [1.54, 1.807) is 0 Å². The summed E-state index contributed by atoms with van der Waals surface area (Å²) in [5, 5.41) is 2.83. The maximum Gasteiger partial charge on any atom is 0.246 e. The predicted molar refractivity (Wildman–Crippen MR) is 76.8 cm³/mol. The molecular formula is C14H21NO2S. The van der Waals surface area contributed by atoms with Crippen molar-refractivity contribution in [3.63, 3.8) is 0 Å². The molecule has 0 bridgehead atoms. The van der Waals surface area contributed by atoms with E-state index in [9.17, 15) is 4.79 Å². The van der Waals surface area contributed by atoms with Gasteiger partial charge >= 0.3 is 0 Å². The highest BCUT2D eigenvalue weighted by Gasteiger charge is 1.99. The van der Waals surface area contributed by atoms with Crippen molar-refractivity contribution in [3.05, 3.63) is 35.4 Å². The molecule has 0 aliphatic rings. The van der Waals surface area contributed by atoms with Crippen LogP contribution in [0.5, 0.6) is 0 Å². The molecule has 18 heavy (non-hydrogen) atoms. The van der Waals surface area contributed by atoms with E-state index >= 15 is 0 Å². The summed E-state index contributed by atoms with van der Waals surface area (Å²) in [6.07, 6.45) is 0. The lowest BCUT2D eigenvalue weighted by Gasteiger charge is -2.05. The Morgan fingerprint density at radius 2 is 2.06 bits per heavy atom. The molecule has 0 heterocycles. The SMILES string of the molecule is CCOCC(=O)NCCSCc1ccc(C)cc1. The van der Waals surface area contributed by atoms with Gasteiger partial charge in [-0.15, -0.1) is 0 Å². The minimum atomic E-state index is -0.0345. The van der Waals surface area contributed by atoms with Crippen LogP contribution in [0, 0.1) is 6.92 Å². The number of carbonyl (C=O) groups is 1. The highest BCUT2D eigenvalue weighted by Crippen LogP contribution is 2.12. The van der Waals surface area contributed by atoms with Crippen LogP contribution in [0.2, 0.25) is 0 Å². The number of thioether (sulfide) groups is 1. The average molecular weight is 267 g/mol. The summed E-state index contributed by atoms with van der Waals surface area (Å²) in [5.41, 5.74) is 2.61. The summed E-state index contributed by atoms with van der Waals surface area (Å²) < 4.78 is 5.01. The molecule has 100 valence electrons. The maximum absolute atomic E-state index is 11.2. The molecule has 1 amide bonds. The Labute approximate surface area is 113 Å². The molecular weight excluding hydrogens is 246 g/mol. The van der Waals surface area contributed by atoms with Gasteiger partial charge in [0, 0.05) is 24.7 Å². The number of nitrogens with one attached hydrogen (secondary N) is 1. The Bertz CT molecular complexity index is 351. The van der Waals surface area contributed by atoms with E-state index < -0.39 is 0 Å². The van der Waals surface area contributed by atoms with Gasteiger partial charge in [-0.3, -0.25) is 4.79 Å². The fourth-order valence-corrected chi connectivity index (χ4v) is 2.20. The molecule has 0 aliphatic carbocycles. The van der Waals surface area contributed by atoms with Crippen LogP contribution in [0.3, 0.4) is 0 Å². The Morgan fingerprint density at radius 3 is 2.72 bits per heavy atom. The zero-order valence-electron chi connectivity index (χ0n) is 11.1. The first-order valence-corrected chi connectivity index (χ1v) is 7.35. The Balaban J connectivity index is 2.05. The second kappa shape index (κ2) is 9.00. The van der Waals surface area contributed by atoms with Gasteiger partial charge in [-0.05, 0) is 19.4 Å². The van der Waals surface area contributed by atoms with E-state index in [-0.39, 0.29) is 12.5 Å². The lowest BCUT2D eigenvalue weighted by atomic mass is 10.2. The van der Waals surface area contributed by atoms with Crippen molar-refractivity contribution < 1.29 is 9.53 Å². The third-order valence-corrected chi connectivity index (χ3v) is 3.43. The molecule has 0 radical (unpaired) electrons. The van der Waals surface area contributed by atoms with Crippen LogP contribution in [0.4, 0.5) is 0 Å². The van der Waals surface area contributed by atoms with Gasteiger partial charge in [-0.25, -0.2) is 0 Å². The van der Waals surface area contributed by atoms with E-state index in [2.05, 4.69) is 36.5 Å². The molecule has 0 spiro atoms. The molecule has 0 atom stereocenters. The van der Waals surface area contributed by atoms with Gasteiger partial charge in [0.2, 0.25) is 5.91 Å². The maximum atomic E-state index is 11.2. The van der Waals surface area contributed by atoms with Crippen molar-refractivity contribution in [3.8, 4) is 0 Å². The minimum absolute atomic E-state index is 0.0345. The highest BCUT2D eigenvalue weighted by atomic mass is 32.2. The highest BCUT2D eigenvalue weighted by molar-refractivity contribution is 7.98. The van der Waals surface area contributed by atoms with Crippen molar-refractivity contribution in [2.24, 2.45) is 0 Å². The molecule has 1 N–H and O–H groups in total. The van der Waals surface area contributed by atoms with Crippen LogP contribution in [-0.2, 0) is 15.3 Å². The summed E-state index contributed by atoms with van der Waals surface area (Å²) >= 11 is 1.82. The van der Waals surface area contributed by atoms with Crippen LogP contribution >= 0.6 is 11.8 Å². The topological polar surface area (TPSA) is 38.3 Å². The summed E-state index contributed by atoms with van der Waals surface area (Å²) in [6.45, 7) is 5.41. The van der Waals surface area contributed by atoms with Crippen LogP contribution in [0.15, 0.2) is 24.3 Å². The minimum Gasteiger partial charge on any atom is -0.372 e. The average Bonchev–Trinajstić information content (AvgIpc) is 2.38. The first-order chi connectivity index (χ1) is 8.72. The lowest BCUT2D eigenvalue weighted by Crippen LogP contribution is -2.29. The predicted octanol–water partition coefficient (Wildman–Crippen LogP) is 2.38. The quantitative estimate of drug-likeness (QED) is 0.735. The van der Waals surface area contributed by atoms with E-state index in [0.717, 1.165) is 11.5 Å². The number of benzene rings is 1. The molecule has 0 saturated carbocycles. The number of rotatable bonds is 8. The number of amides is 1. The van der Waals surface area contributed by atoms with Crippen LogP contribution in [0.25, 0.3) is 0 Å². The van der Waals surface area contributed by atoms with Gasteiger partial charge in [-0.1, -0.05) is 29.8 Å². The molecule has 3 nitrogen and oxygen atoms in total. The smallest absolute Gasteiger partial charge is 0.246 e. The normalized spacial score (nSPS) is 10.3. The van der Waals surface area contributed by atoms with Gasteiger partial charge in [0.25, 0.3) is 0 Å². The van der Waals surface area contributed by atoms with Crippen LogP contribution in [-0.4, -0.2) is 31.4 Å². The third kappa shape index (κ3) is 6.67. The fraction of sp³-hybridized carbons (Fsp3) is 0.500. The Kier molecular flexibility index (Phi) is 7.53. The summed E-state index contributed by atoms with van der Waals surface area (Å²) in [5.74, 6) is 1.88. The number of hydrogen-bond acceptors (Lipinski definition) is 3. The molecule has 4 heteroatoms. The van der Waals surface area contributed by atoms with E-state index in [4.69, 9.17) is 4.74 Å². The first kappa shape index (κ1) is 15.1. The van der Waals surface area contributed by atoms with Gasteiger partial charge in [0.05, 0.1) is 0 Å². The molecule has 1 aromatic rings. The van der Waals surface area contributed by atoms with Crippen molar-refractivity contribution >= 4 is 17.7 Å². The molecule has 0 saturated heterocycles. The second-order valence-electron chi connectivity index (χ2n) is 4.03. The van der Waals surface area contributed by atoms with E-state index in [1.165, 1.54) is 11.1 Å². The van der Waals surface area contributed by atoms with Gasteiger partial charge in [0.15, 0.2) is 0 Å². The Morgan fingerprint density at radius 1 is 1.33 bits per heavy atom. The first-order valence-electron chi connectivity index (χ1n) is 6.20. The van der Waals surface area contributed by atoms with Gasteiger partial charge < -0.3 is 10.1 Å². The largest absolute Gasteiger partial charge is 0.372 e. The Hall–Kier alpha value is -1.00. The van der Waals surface area contributed by atoms with Gasteiger partial charge in [-0.2, -0.15) is 11.8 Å². The number of carbonyl (C=O) groups excluding carboxylic acids is 1. The zero-order valence-corrected chi connectivity index (χ0v) is 11.9. The molecule has 0 fully saturated rings.